The molecular weight excluding hydrogens is 486 g/mol. The molecule has 0 amide bonds. The summed E-state index contributed by atoms with van der Waals surface area (Å²) in [6, 6.07) is 0. The van der Waals surface area contributed by atoms with Gasteiger partial charge in [-0.05, 0) is 0 Å². The summed E-state index contributed by atoms with van der Waals surface area (Å²) in [5.41, 5.74) is 2.89. The smallest absolute Gasteiger partial charge is 0.351 e. The van der Waals surface area contributed by atoms with E-state index >= 15 is 0 Å². The van der Waals surface area contributed by atoms with Gasteiger partial charge in [0.05, 0.1) is 25.6 Å². The second kappa shape index (κ2) is 10.4. The first-order valence-electron chi connectivity index (χ1n) is 9.65. The maximum Gasteiger partial charge on any atom is 0.351 e. The molecule has 33 heavy (non-hydrogen) atoms. The Hall–Kier alpha value is -2.24. The molecule has 2 aromatic rings. The summed E-state index contributed by atoms with van der Waals surface area (Å²) in [6.07, 6.45) is 0.477. The van der Waals surface area contributed by atoms with Crippen LogP contribution >= 0.6 is 23.5 Å². The summed E-state index contributed by atoms with van der Waals surface area (Å²) in [5.74, 6) is -1.62. The van der Waals surface area contributed by atoms with Crippen molar-refractivity contribution in [3.8, 4) is 0 Å². The Morgan fingerprint density at radius 3 is 2.36 bits per heavy atom. The molecule has 12 nitrogen and oxygen atoms in total. The van der Waals surface area contributed by atoms with Crippen LogP contribution < -0.4 is 22.4 Å². The first-order valence-corrected chi connectivity index (χ1v) is 11.7. The van der Waals surface area contributed by atoms with Gasteiger partial charge in [0.15, 0.2) is 23.3 Å². The van der Waals surface area contributed by atoms with Gasteiger partial charge >= 0.3 is 11.4 Å². The van der Waals surface area contributed by atoms with Crippen molar-refractivity contribution in [1.82, 2.24) is 19.1 Å². The van der Waals surface area contributed by atoms with Crippen molar-refractivity contribution in [2.75, 3.05) is 42.5 Å². The molecule has 4 heterocycles. The maximum atomic E-state index is 14.4. The number of thioether (sulfide) groups is 2. The maximum absolute atomic E-state index is 14.4. The highest BCUT2D eigenvalue weighted by molar-refractivity contribution is 8.00. The predicted molar refractivity (Wildman–Crippen MR) is 116 cm³/mol. The highest BCUT2D eigenvalue weighted by Crippen LogP contribution is 2.32. The fourth-order valence-electron chi connectivity index (χ4n) is 3.08. The van der Waals surface area contributed by atoms with Gasteiger partial charge < -0.3 is 30.4 Å². The van der Waals surface area contributed by atoms with Crippen molar-refractivity contribution in [3.63, 3.8) is 0 Å². The van der Waals surface area contributed by atoms with Crippen LogP contribution in [0.15, 0.2) is 22.0 Å². The zero-order chi connectivity index (χ0) is 23.5. The lowest BCUT2D eigenvalue weighted by molar-refractivity contribution is -0.0223. The van der Waals surface area contributed by atoms with E-state index in [4.69, 9.17) is 25.1 Å². The van der Waals surface area contributed by atoms with Gasteiger partial charge in [-0.3, -0.25) is 9.13 Å². The van der Waals surface area contributed by atoms with Gasteiger partial charge in [0.1, 0.15) is 30.1 Å². The van der Waals surface area contributed by atoms with Crippen molar-refractivity contribution in [2.24, 2.45) is 0 Å². The molecule has 0 aromatic carbocycles. The number of aliphatic hydroxyl groups is 1. The lowest BCUT2D eigenvalue weighted by atomic mass is 10.5. The minimum Gasteiger partial charge on any atom is -0.393 e. The standard InChI is InChI=1S/C17H20F2N6O6S2/c18-8-1-24(16(27)22-14(8)20)11-6-33-13(31-11)4-29-7-21-15-9(19)2-25(17(28)23-15)10-5-32-12(3-26)30-10/h1-2,10-13,26H,3-7H2,(H2,20,22,27)(H,21,23,28)/t10-,11-,12+,13+/m0/s1. The largest absolute Gasteiger partial charge is 0.393 e. The van der Waals surface area contributed by atoms with Gasteiger partial charge in [-0.25, -0.2) is 18.4 Å². The Kier molecular flexibility index (Phi) is 7.50. The van der Waals surface area contributed by atoms with Gasteiger partial charge in [0.2, 0.25) is 0 Å². The zero-order valence-electron chi connectivity index (χ0n) is 16.9. The molecule has 2 fully saturated rings. The number of anilines is 2. The van der Waals surface area contributed by atoms with Crippen molar-refractivity contribution in [2.45, 2.75) is 23.3 Å². The molecule has 0 saturated carbocycles. The predicted octanol–water partition coefficient (Wildman–Crippen LogP) is -0.0849. The average Bonchev–Trinajstić information content (AvgIpc) is 3.45. The Balaban J connectivity index is 1.27. The number of aliphatic hydroxyl groups excluding tert-OH is 1. The molecular formula is C17H20F2N6O6S2. The minimum atomic E-state index is -0.824. The minimum absolute atomic E-state index is 0.0716. The van der Waals surface area contributed by atoms with Crippen LogP contribution in [0.3, 0.4) is 0 Å². The number of halogens is 2. The molecule has 0 unspecified atom stereocenters. The first-order chi connectivity index (χ1) is 15.9. The molecule has 0 aliphatic carbocycles. The molecule has 4 rings (SSSR count). The van der Waals surface area contributed by atoms with Gasteiger partial charge in [0, 0.05) is 11.5 Å². The average molecular weight is 507 g/mol. The number of nitrogens with zero attached hydrogens (tertiary/aromatic N) is 4. The van der Waals surface area contributed by atoms with Gasteiger partial charge in [-0.2, -0.15) is 9.97 Å². The van der Waals surface area contributed by atoms with Crippen molar-refractivity contribution < 1.29 is 28.1 Å². The lowest BCUT2D eigenvalue weighted by Gasteiger charge is -2.16. The van der Waals surface area contributed by atoms with Gasteiger partial charge in [0.25, 0.3) is 0 Å². The number of aromatic nitrogens is 4. The van der Waals surface area contributed by atoms with Crippen molar-refractivity contribution in [1.29, 1.82) is 0 Å². The van der Waals surface area contributed by atoms with Crippen LogP contribution in [-0.4, -0.2) is 66.5 Å². The van der Waals surface area contributed by atoms with Crippen molar-refractivity contribution in [3.05, 3.63) is 45.0 Å². The first kappa shape index (κ1) is 23.9. The van der Waals surface area contributed by atoms with Crippen LogP contribution in [0.5, 0.6) is 0 Å². The Morgan fingerprint density at radius 2 is 1.70 bits per heavy atom. The number of rotatable bonds is 8. The van der Waals surface area contributed by atoms with Crippen LogP contribution in [0.4, 0.5) is 20.4 Å². The third-order valence-electron chi connectivity index (χ3n) is 4.67. The Morgan fingerprint density at radius 1 is 1.09 bits per heavy atom. The quantitative estimate of drug-likeness (QED) is 0.324. The van der Waals surface area contributed by atoms with E-state index in [0.717, 1.165) is 21.5 Å². The van der Waals surface area contributed by atoms with E-state index in [1.807, 2.05) is 0 Å². The normalized spacial score (nSPS) is 24.9. The summed E-state index contributed by atoms with van der Waals surface area (Å²) in [6.45, 7) is -0.307. The van der Waals surface area contributed by atoms with Gasteiger partial charge in [-0.1, -0.05) is 0 Å². The third kappa shape index (κ3) is 5.47. The molecule has 0 radical (unpaired) electrons. The molecule has 2 saturated heterocycles. The van der Waals surface area contributed by atoms with Gasteiger partial charge in [-0.15, -0.1) is 23.5 Å². The van der Waals surface area contributed by atoms with Crippen LogP contribution in [0.2, 0.25) is 0 Å². The van der Waals surface area contributed by atoms with E-state index in [-0.39, 0.29) is 25.8 Å². The van der Waals surface area contributed by atoms with Crippen LogP contribution in [0.25, 0.3) is 0 Å². The Labute approximate surface area is 193 Å². The lowest BCUT2D eigenvalue weighted by Crippen LogP contribution is -2.30. The molecule has 4 N–H and O–H groups in total. The second-order valence-electron chi connectivity index (χ2n) is 6.87. The van der Waals surface area contributed by atoms with E-state index in [9.17, 15) is 18.4 Å². The number of nitrogen functional groups attached to an aromatic ring is 1. The number of ether oxygens (including phenoxy) is 3. The zero-order valence-corrected chi connectivity index (χ0v) is 18.6. The highest BCUT2D eigenvalue weighted by atomic mass is 32.2. The molecule has 180 valence electrons. The van der Waals surface area contributed by atoms with Crippen LogP contribution in [-0.2, 0) is 14.2 Å². The van der Waals surface area contributed by atoms with E-state index in [2.05, 4.69) is 15.3 Å². The van der Waals surface area contributed by atoms with E-state index in [0.29, 0.717) is 11.5 Å². The number of hydrogen-bond donors (Lipinski definition) is 3. The fourth-order valence-corrected chi connectivity index (χ4v) is 5.02. The second-order valence-corrected chi connectivity index (χ2v) is 9.26. The molecule has 2 aromatic heterocycles. The summed E-state index contributed by atoms with van der Waals surface area (Å²) >= 11 is 2.66. The number of nitrogens with one attached hydrogen (secondary N) is 1. The van der Waals surface area contributed by atoms with E-state index in [1.165, 1.54) is 23.5 Å². The summed E-state index contributed by atoms with van der Waals surface area (Å²) < 4.78 is 46.5. The Bertz CT molecular complexity index is 1120. The number of hydrogen-bond acceptors (Lipinski definition) is 12. The van der Waals surface area contributed by atoms with Crippen molar-refractivity contribution >= 4 is 35.2 Å². The van der Waals surface area contributed by atoms with Crippen LogP contribution in [0, 0.1) is 11.6 Å². The SMILES string of the molecule is Nc1nc(=O)n([C@@H]2CS[C@H](COCNc3nc(=O)n([C@@H]4CS[C@H](CO)O4)cc3F)O2)cc1F. The summed E-state index contributed by atoms with van der Waals surface area (Å²) in [7, 11) is 0. The fraction of sp³-hybridized carbons (Fsp3) is 0.529. The van der Waals surface area contributed by atoms with E-state index < -0.39 is 52.2 Å². The molecule has 2 aliphatic heterocycles. The molecule has 4 atom stereocenters. The summed E-state index contributed by atoms with van der Waals surface area (Å²) in [4.78, 5) is 31.2. The molecule has 2 aliphatic rings. The molecule has 0 bridgehead atoms. The topological polar surface area (TPSA) is 156 Å². The van der Waals surface area contributed by atoms with Crippen LogP contribution in [0.1, 0.15) is 12.5 Å². The summed E-state index contributed by atoms with van der Waals surface area (Å²) in [5, 5.41) is 11.7. The third-order valence-corrected chi connectivity index (χ3v) is 6.88. The monoisotopic (exact) mass is 506 g/mol. The molecule has 0 spiro atoms. The highest BCUT2D eigenvalue weighted by Gasteiger charge is 2.30. The molecule has 16 heteroatoms. The van der Waals surface area contributed by atoms with E-state index in [1.54, 1.807) is 0 Å². The number of nitrogens with two attached hydrogens (primary N) is 1.